The predicted octanol–water partition coefficient (Wildman–Crippen LogP) is 2.69. The van der Waals surface area contributed by atoms with Gasteiger partial charge in [0, 0.05) is 32.3 Å². The molecular weight excluding hydrogens is 262 g/mol. The van der Waals surface area contributed by atoms with E-state index in [-0.39, 0.29) is 6.10 Å². The van der Waals surface area contributed by atoms with E-state index in [1.54, 1.807) is 0 Å². The zero-order valence-corrected chi connectivity index (χ0v) is 12.4. The minimum absolute atomic E-state index is 0.278. The number of likely N-dealkylation sites (tertiary alicyclic amines) is 1. The average molecular weight is 283 g/mol. The molecule has 21 heavy (non-hydrogen) atoms. The second-order valence-electron chi connectivity index (χ2n) is 5.39. The van der Waals surface area contributed by atoms with E-state index in [4.69, 9.17) is 4.74 Å². The quantitative estimate of drug-likeness (QED) is 0.845. The molecule has 0 spiro atoms. The van der Waals surface area contributed by atoms with Crippen molar-refractivity contribution in [1.82, 2.24) is 14.9 Å². The average Bonchev–Trinajstić information content (AvgIpc) is 2.95. The van der Waals surface area contributed by atoms with E-state index < -0.39 is 0 Å². The van der Waals surface area contributed by atoms with E-state index in [1.807, 2.05) is 42.6 Å². The van der Waals surface area contributed by atoms with Crippen LogP contribution in [0.3, 0.4) is 0 Å². The van der Waals surface area contributed by atoms with Gasteiger partial charge in [0.05, 0.1) is 5.69 Å². The van der Waals surface area contributed by atoms with Crippen molar-refractivity contribution >= 4 is 0 Å². The molecule has 0 aliphatic carbocycles. The van der Waals surface area contributed by atoms with Gasteiger partial charge < -0.3 is 4.74 Å². The maximum absolute atomic E-state index is 6.01. The monoisotopic (exact) mass is 283 g/mol. The number of benzene rings is 1. The van der Waals surface area contributed by atoms with Crippen LogP contribution in [-0.4, -0.2) is 34.1 Å². The fourth-order valence-electron chi connectivity index (χ4n) is 2.66. The molecule has 1 aromatic carbocycles. The van der Waals surface area contributed by atoms with Crippen LogP contribution in [0.1, 0.15) is 24.9 Å². The summed E-state index contributed by atoms with van der Waals surface area (Å²) in [6.45, 7) is 4.98. The van der Waals surface area contributed by atoms with Crippen LogP contribution < -0.4 is 4.74 Å². The largest absolute Gasteiger partial charge is 0.489 e. The van der Waals surface area contributed by atoms with Crippen molar-refractivity contribution < 1.29 is 4.74 Å². The van der Waals surface area contributed by atoms with Crippen LogP contribution in [0.5, 0.6) is 5.75 Å². The van der Waals surface area contributed by atoms with Gasteiger partial charge in [0.15, 0.2) is 0 Å². The molecule has 1 saturated heterocycles. The summed E-state index contributed by atoms with van der Waals surface area (Å²) >= 11 is 0. The van der Waals surface area contributed by atoms with Gasteiger partial charge in [-0.1, -0.05) is 25.1 Å². The third kappa shape index (κ3) is 3.79. The fraction of sp³-hybridized carbons (Fsp3) is 0.412. The normalized spacial score (nSPS) is 18.8. The van der Waals surface area contributed by atoms with Gasteiger partial charge in [-0.15, -0.1) is 0 Å². The Labute approximate surface area is 125 Å². The highest BCUT2D eigenvalue weighted by Gasteiger charge is 2.24. The molecule has 110 valence electrons. The number of hydrogen-bond donors (Lipinski definition) is 0. The molecule has 1 atom stereocenters. The number of ether oxygens (including phenoxy) is 1. The molecule has 2 heterocycles. The molecule has 4 heteroatoms. The van der Waals surface area contributed by atoms with Crippen LogP contribution in [-0.2, 0) is 13.0 Å². The van der Waals surface area contributed by atoms with E-state index in [9.17, 15) is 0 Å². The first-order valence-electron chi connectivity index (χ1n) is 7.58. The lowest BCUT2D eigenvalue weighted by molar-refractivity contribution is 0.198. The summed E-state index contributed by atoms with van der Waals surface area (Å²) in [5, 5.41) is 0. The Balaban J connectivity index is 1.54. The molecular formula is C17H21N3O. The highest BCUT2D eigenvalue weighted by molar-refractivity contribution is 5.21. The van der Waals surface area contributed by atoms with Crippen LogP contribution >= 0.6 is 0 Å². The second-order valence-corrected chi connectivity index (χ2v) is 5.39. The molecule has 1 fully saturated rings. The molecule has 0 unspecified atom stereocenters. The van der Waals surface area contributed by atoms with Gasteiger partial charge in [0.1, 0.15) is 17.7 Å². The SMILES string of the molecule is CCc1nccc(CN2CC[C@H](Oc3ccccc3)C2)n1. The Morgan fingerprint density at radius 2 is 2.10 bits per heavy atom. The lowest BCUT2D eigenvalue weighted by Crippen LogP contribution is -2.25. The Morgan fingerprint density at radius 3 is 2.90 bits per heavy atom. The number of aromatic nitrogens is 2. The van der Waals surface area contributed by atoms with E-state index in [1.165, 1.54) is 0 Å². The lowest BCUT2D eigenvalue weighted by atomic mass is 10.3. The van der Waals surface area contributed by atoms with Gasteiger partial charge in [0.2, 0.25) is 0 Å². The predicted molar refractivity (Wildman–Crippen MR) is 82.2 cm³/mol. The molecule has 1 aromatic heterocycles. The topological polar surface area (TPSA) is 38.2 Å². The maximum Gasteiger partial charge on any atom is 0.128 e. The van der Waals surface area contributed by atoms with Crippen molar-refractivity contribution in [2.75, 3.05) is 13.1 Å². The zero-order valence-electron chi connectivity index (χ0n) is 12.4. The van der Waals surface area contributed by atoms with Gasteiger partial charge >= 0.3 is 0 Å². The summed E-state index contributed by atoms with van der Waals surface area (Å²) < 4.78 is 6.01. The molecule has 0 bridgehead atoms. The van der Waals surface area contributed by atoms with Crippen LogP contribution in [0.2, 0.25) is 0 Å². The van der Waals surface area contributed by atoms with Crippen molar-refractivity contribution in [2.45, 2.75) is 32.4 Å². The summed E-state index contributed by atoms with van der Waals surface area (Å²) in [4.78, 5) is 11.2. The van der Waals surface area contributed by atoms with Crippen molar-refractivity contribution in [3.63, 3.8) is 0 Å². The summed E-state index contributed by atoms with van der Waals surface area (Å²) in [5.74, 6) is 1.88. The van der Waals surface area contributed by atoms with Crippen LogP contribution in [0.25, 0.3) is 0 Å². The third-order valence-corrected chi connectivity index (χ3v) is 3.74. The second kappa shape index (κ2) is 6.68. The van der Waals surface area contributed by atoms with Gasteiger partial charge in [0.25, 0.3) is 0 Å². The third-order valence-electron chi connectivity index (χ3n) is 3.74. The van der Waals surface area contributed by atoms with E-state index >= 15 is 0 Å². The summed E-state index contributed by atoms with van der Waals surface area (Å²) in [6.07, 6.45) is 4.09. The van der Waals surface area contributed by atoms with Crippen molar-refractivity contribution in [3.8, 4) is 5.75 Å². The lowest BCUT2D eigenvalue weighted by Gasteiger charge is -2.16. The van der Waals surface area contributed by atoms with E-state index in [2.05, 4.69) is 21.8 Å². The molecule has 4 nitrogen and oxygen atoms in total. The van der Waals surface area contributed by atoms with Crippen molar-refractivity contribution in [2.24, 2.45) is 0 Å². The first-order chi connectivity index (χ1) is 10.3. The Kier molecular flexibility index (Phi) is 4.46. The molecule has 0 N–H and O–H groups in total. The number of hydrogen-bond acceptors (Lipinski definition) is 4. The first-order valence-corrected chi connectivity index (χ1v) is 7.58. The maximum atomic E-state index is 6.01. The van der Waals surface area contributed by atoms with Crippen LogP contribution in [0, 0.1) is 0 Å². The number of aryl methyl sites for hydroxylation is 1. The first kappa shape index (κ1) is 14.0. The van der Waals surface area contributed by atoms with Crippen molar-refractivity contribution in [3.05, 3.63) is 54.1 Å². The Morgan fingerprint density at radius 1 is 1.24 bits per heavy atom. The van der Waals surface area contributed by atoms with Gasteiger partial charge in [-0.2, -0.15) is 0 Å². The Bertz CT molecular complexity index is 573. The molecule has 2 aromatic rings. The molecule has 0 saturated carbocycles. The summed E-state index contributed by atoms with van der Waals surface area (Å²) in [5.41, 5.74) is 1.10. The molecule has 0 radical (unpaired) electrons. The van der Waals surface area contributed by atoms with E-state index in [0.717, 1.165) is 49.7 Å². The molecule has 0 amide bonds. The standard InChI is InChI=1S/C17H21N3O/c1-2-17-18-10-8-14(19-17)12-20-11-9-16(13-20)21-15-6-4-3-5-7-15/h3-8,10,16H,2,9,11-13H2,1H3/t16-/m0/s1. The minimum atomic E-state index is 0.278. The van der Waals surface area contributed by atoms with Crippen LogP contribution in [0.15, 0.2) is 42.6 Å². The fourth-order valence-corrected chi connectivity index (χ4v) is 2.66. The summed E-state index contributed by atoms with van der Waals surface area (Å²) in [6, 6.07) is 12.1. The molecule has 3 rings (SSSR count). The van der Waals surface area contributed by atoms with Gasteiger partial charge in [-0.05, 0) is 24.6 Å². The van der Waals surface area contributed by atoms with Gasteiger partial charge in [-0.3, -0.25) is 4.90 Å². The number of rotatable bonds is 5. The number of nitrogens with zero attached hydrogens (tertiary/aromatic N) is 3. The minimum Gasteiger partial charge on any atom is -0.489 e. The number of para-hydroxylation sites is 1. The molecule has 1 aliphatic rings. The van der Waals surface area contributed by atoms with E-state index in [0.29, 0.717) is 0 Å². The smallest absolute Gasteiger partial charge is 0.128 e. The van der Waals surface area contributed by atoms with Crippen molar-refractivity contribution in [1.29, 1.82) is 0 Å². The van der Waals surface area contributed by atoms with Crippen LogP contribution in [0.4, 0.5) is 0 Å². The summed E-state index contributed by atoms with van der Waals surface area (Å²) in [7, 11) is 0. The Hall–Kier alpha value is -1.94. The van der Waals surface area contributed by atoms with Gasteiger partial charge in [-0.25, -0.2) is 9.97 Å². The molecule has 1 aliphatic heterocycles. The highest BCUT2D eigenvalue weighted by atomic mass is 16.5. The highest BCUT2D eigenvalue weighted by Crippen LogP contribution is 2.19. The zero-order chi connectivity index (χ0) is 14.5.